The molecule has 2 aromatic heterocycles. The molecule has 0 unspecified atom stereocenters. The van der Waals surface area contributed by atoms with Gasteiger partial charge in [0.05, 0.1) is 17.2 Å². The van der Waals surface area contributed by atoms with Gasteiger partial charge in [-0.05, 0) is 49.1 Å². The van der Waals surface area contributed by atoms with Crippen LogP contribution in [0.25, 0.3) is 11.4 Å². The van der Waals surface area contributed by atoms with Crippen LogP contribution < -0.4 is 5.32 Å². The van der Waals surface area contributed by atoms with E-state index in [1.54, 1.807) is 6.07 Å². The molecule has 35 heavy (non-hydrogen) atoms. The first-order chi connectivity index (χ1) is 16.7. The summed E-state index contributed by atoms with van der Waals surface area (Å²) in [5.41, 5.74) is -1.25. The minimum Gasteiger partial charge on any atom is -0.368 e. The van der Waals surface area contributed by atoms with Crippen molar-refractivity contribution in [2.75, 3.05) is 18.4 Å². The number of alkyl halides is 3. The molecule has 11 heteroatoms. The Balaban J connectivity index is 1.61. The van der Waals surface area contributed by atoms with Crippen molar-refractivity contribution in [3.63, 3.8) is 0 Å². The lowest BCUT2D eigenvalue weighted by Crippen LogP contribution is -2.51. The van der Waals surface area contributed by atoms with Gasteiger partial charge < -0.3 is 10.2 Å². The number of nitrogens with zero attached hydrogens (tertiary/aromatic N) is 4. The Morgan fingerprint density at radius 3 is 2.51 bits per heavy atom. The first kappa shape index (κ1) is 24.5. The van der Waals surface area contributed by atoms with Crippen LogP contribution in [0.15, 0.2) is 48.9 Å². The number of aromatic nitrogens is 3. The molecule has 3 heterocycles. The van der Waals surface area contributed by atoms with Crippen LogP contribution in [0.5, 0.6) is 0 Å². The maximum absolute atomic E-state index is 15.0. The third-order valence-electron chi connectivity index (χ3n) is 6.08. The second-order valence-electron chi connectivity index (χ2n) is 8.35. The molecule has 0 aliphatic carbocycles. The van der Waals surface area contributed by atoms with E-state index in [1.807, 2.05) is 6.92 Å². The molecule has 0 spiro atoms. The molecule has 1 aliphatic rings. The topological polar surface area (TPSA) is 71.0 Å². The quantitative estimate of drug-likeness (QED) is 0.498. The maximum Gasteiger partial charge on any atom is 0.417 e. The highest BCUT2D eigenvalue weighted by atomic mass is 19.4. The molecule has 1 aliphatic heterocycles. The Hall–Kier alpha value is -3.63. The van der Waals surface area contributed by atoms with Gasteiger partial charge in [-0.3, -0.25) is 4.79 Å². The van der Waals surface area contributed by atoms with Gasteiger partial charge in [0.1, 0.15) is 5.82 Å². The number of nitrogens with one attached hydrogen (secondary N) is 1. The number of amides is 1. The number of anilines is 1. The lowest BCUT2D eigenvalue weighted by Gasteiger charge is -2.40. The van der Waals surface area contributed by atoms with E-state index >= 15 is 0 Å². The summed E-state index contributed by atoms with van der Waals surface area (Å²) in [5.74, 6) is -2.87. The number of rotatable bonds is 5. The third-order valence-corrected chi connectivity index (χ3v) is 6.08. The molecule has 0 radical (unpaired) electrons. The molecule has 3 aromatic rings. The summed E-state index contributed by atoms with van der Waals surface area (Å²) in [5, 5.41) is 2.97. The average Bonchev–Trinajstić information content (AvgIpc) is 2.84. The van der Waals surface area contributed by atoms with Gasteiger partial charge in [0.15, 0.2) is 17.5 Å². The first-order valence-corrected chi connectivity index (χ1v) is 11.0. The summed E-state index contributed by atoms with van der Waals surface area (Å²) < 4.78 is 67.5. The summed E-state index contributed by atoms with van der Waals surface area (Å²) in [7, 11) is 0. The molecule has 4 rings (SSSR count). The number of hydrogen-bond donors (Lipinski definition) is 1. The Kier molecular flexibility index (Phi) is 6.95. The fourth-order valence-corrected chi connectivity index (χ4v) is 4.22. The Labute approximate surface area is 198 Å². The van der Waals surface area contributed by atoms with Gasteiger partial charge in [-0.25, -0.2) is 23.7 Å². The van der Waals surface area contributed by atoms with Crippen LogP contribution >= 0.6 is 0 Å². The molecule has 1 N–H and O–H groups in total. The van der Waals surface area contributed by atoms with E-state index in [1.165, 1.54) is 29.4 Å². The van der Waals surface area contributed by atoms with Crippen LogP contribution in [0.2, 0.25) is 0 Å². The van der Waals surface area contributed by atoms with Crippen molar-refractivity contribution in [2.24, 2.45) is 5.92 Å². The number of piperidine rings is 1. The van der Waals surface area contributed by atoms with Gasteiger partial charge in [-0.2, -0.15) is 13.2 Å². The van der Waals surface area contributed by atoms with Crippen molar-refractivity contribution in [1.82, 2.24) is 19.9 Å². The van der Waals surface area contributed by atoms with E-state index < -0.39 is 40.9 Å². The fraction of sp³-hybridized carbons (Fsp3) is 0.333. The second kappa shape index (κ2) is 9.93. The molecule has 0 saturated carbocycles. The summed E-state index contributed by atoms with van der Waals surface area (Å²) in [6.45, 7) is 2.40. The van der Waals surface area contributed by atoms with E-state index in [2.05, 4.69) is 20.3 Å². The van der Waals surface area contributed by atoms with Crippen molar-refractivity contribution in [3.05, 3.63) is 71.7 Å². The van der Waals surface area contributed by atoms with Crippen molar-refractivity contribution in [1.29, 1.82) is 0 Å². The lowest BCUT2D eigenvalue weighted by atomic mass is 9.89. The van der Waals surface area contributed by atoms with E-state index in [0.717, 1.165) is 24.8 Å². The number of likely N-dealkylation sites (tertiary alicyclic amines) is 1. The van der Waals surface area contributed by atoms with Crippen LogP contribution in [0.4, 0.5) is 27.8 Å². The van der Waals surface area contributed by atoms with Crippen LogP contribution in [-0.4, -0.2) is 44.9 Å². The smallest absolute Gasteiger partial charge is 0.368 e. The molecule has 6 nitrogen and oxygen atoms in total. The minimum atomic E-state index is -4.50. The molecule has 184 valence electrons. The second-order valence-corrected chi connectivity index (χ2v) is 8.35. The highest BCUT2D eigenvalue weighted by molar-refractivity contribution is 6.00. The summed E-state index contributed by atoms with van der Waals surface area (Å²) in [6.07, 6.45) is 0.549. The molecular weight excluding hydrogens is 469 g/mol. The van der Waals surface area contributed by atoms with E-state index in [9.17, 15) is 26.7 Å². The van der Waals surface area contributed by atoms with Crippen LogP contribution in [-0.2, 0) is 6.18 Å². The number of hydrogen-bond acceptors (Lipinski definition) is 5. The fourth-order valence-electron chi connectivity index (χ4n) is 4.22. The molecular formula is C24H22F5N5O. The minimum absolute atomic E-state index is 0.0114. The largest absolute Gasteiger partial charge is 0.417 e. The zero-order chi connectivity index (χ0) is 25.2. The predicted octanol–water partition coefficient (Wildman–Crippen LogP) is 5.19. The monoisotopic (exact) mass is 491 g/mol. The number of carbonyl (C=O) groups excluding carboxylic acids is 1. The Bertz CT molecular complexity index is 1190. The van der Waals surface area contributed by atoms with Crippen LogP contribution in [0.1, 0.15) is 35.7 Å². The van der Waals surface area contributed by atoms with Crippen LogP contribution in [0, 0.1) is 17.6 Å². The lowest BCUT2D eigenvalue weighted by molar-refractivity contribution is -0.137. The summed E-state index contributed by atoms with van der Waals surface area (Å²) >= 11 is 0. The van der Waals surface area contributed by atoms with Gasteiger partial charge >= 0.3 is 6.18 Å². The maximum atomic E-state index is 15.0. The highest BCUT2D eigenvalue weighted by Crippen LogP contribution is 2.31. The van der Waals surface area contributed by atoms with Crippen molar-refractivity contribution in [2.45, 2.75) is 32.0 Å². The number of carbonyl (C=O) groups is 1. The highest BCUT2D eigenvalue weighted by Gasteiger charge is 2.36. The van der Waals surface area contributed by atoms with Gasteiger partial charge in [0.25, 0.3) is 5.91 Å². The van der Waals surface area contributed by atoms with E-state index in [-0.39, 0.29) is 29.7 Å². The molecule has 1 aromatic carbocycles. The van der Waals surface area contributed by atoms with Gasteiger partial charge in [-0.15, -0.1) is 0 Å². The van der Waals surface area contributed by atoms with Crippen LogP contribution in [0.3, 0.4) is 0 Å². The Morgan fingerprint density at radius 2 is 1.86 bits per heavy atom. The Morgan fingerprint density at radius 1 is 1.11 bits per heavy atom. The van der Waals surface area contributed by atoms with E-state index in [0.29, 0.717) is 13.0 Å². The first-order valence-electron chi connectivity index (χ1n) is 11.0. The molecule has 2 atom stereocenters. The summed E-state index contributed by atoms with van der Waals surface area (Å²) in [6, 6.07) is 5.44. The van der Waals surface area contributed by atoms with Gasteiger partial charge in [0, 0.05) is 37.2 Å². The van der Waals surface area contributed by atoms with Gasteiger partial charge in [0.2, 0.25) is 0 Å². The number of halogens is 5. The SMILES string of the molecule is C[C@@H]1CCCN(C(=O)c2c(-c3ncccn3)ccc(F)c2F)[C@@H]1CNc1ccc(C(F)(F)F)cn1. The van der Waals surface area contributed by atoms with Crippen molar-refractivity contribution < 1.29 is 26.7 Å². The molecule has 1 amide bonds. The molecule has 1 fully saturated rings. The number of benzene rings is 1. The standard InChI is InChI=1S/C24H22F5N5O/c1-14-4-2-11-34(18(14)13-33-19-8-5-15(12-32-19)24(27,28)29)23(35)20-16(6-7-17(25)21(20)26)22-30-9-3-10-31-22/h3,5-10,12,14,18H,2,4,11,13H2,1H3,(H,32,33)/t14-,18-/m1/s1. The number of pyridine rings is 1. The van der Waals surface area contributed by atoms with Crippen molar-refractivity contribution in [3.8, 4) is 11.4 Å². The zero-order valence-corrected chi connectivity index (χ0v) is 18.7. The van der Waals surface area contributed by atoms with Gasteiger partial charge in [-0.1, -0.05) is 6.92 Å². The third kappa shape index (κ3) is 5.23. The normalized spacial score (nSPS) is 18.4. The van der Waals surface area contributed by atoms with E-state index in [4.69, 9.17) is 0 Å². The summed E-state index contributed by atoms with van der Waals surface area (Å²) in [4.78, 5) is 27.0. The van der Waals surface area contributed by atoms with Crippen molar-refractivity contribution >= 4 is 11.7 Å². The molecule has 0 bridgehead atoms. The average molecular weight is 491 g/mol. The predicted molar refractivity (Wildman–Crippen MR) is 118 cm³/mol. The zero-order valence-electron chi connectivity index (χ0n) is 18.7. The molecule has 1 saturated heterocycles.